The number of nitrogens with zero attached hydrogens (tertiary/aromatic N) is 1. The van der Waals surface area contributed by atoms with Gasteiger partial charge in [-0.3, -0.25) is 4.98 Å². The van der Waals surface area contributed by atoms with E-state index in [1.54, 1.807) is 19.2 Å². The first-order valence-corrected chi connectivity index (χ1v) is 18.9. The third kappa shape index (κ3) is 6.90. The average Bonchev–Trinajstić information content (AvgIpc) is 3.23. The molecule has 2 unspecified atom stereocenters. The Morgan fingerprint density at radius 2 is 1.90 bits per heavy atom. The lowest BCUT2D eigenvalue weighted by molar-refractivity contribution is -0.144. The second-order valence-corrected chi connectivity index (χ2v) is 15.9. The fourth-order valence-electron chi connectivity index (χ4n) is 9.25. The predicted octanol–water partition coefficient (Wildman–Crippen LogP) is 8.62. The van der Waals surface area contributed by atoms with E-state index in [-0.39, 0.29) is 11.3 Å². The fraction of sp³-hybridized carbons (Fsp3) is 0.561. The van der Waals surface area contributed by atoms with Crippen LogP contribution in [0.25, 0.3) is 0 Å². The van der Waals surface area contributed by atoms with Gasteiger partial charge in [0, 0.05) is 47.8 Å². The van der Waals surface area contributed by atoms with Crippen molar-refractivity contribution in [2.45, 2.75) is 94.9 Å². The van der Waals surface area contributed by atoms with Crippen molar-refractivity contribution in [1.82, 2.24) is 4.98 Å². The van der Waals surface area contributed by atoms with E-state index in [0.29, 0.717) is 62.0 Å². The maximum atomic E-state index is 13.0. The van der Waals surface area contributed by atoms with Crippen LogP contribution in [0.2, 0.25) is 5.02 Å². The molecule has 1 aliphatic heterocycles. The minimum atomic E-state index is -1.07. The molecule has 1 spiro atoms. The second kappa shape index (κ2) is 14.6. The Morgan fingerprint density at radius 1 is 1.12 bits per heavy atom. The fourth-order valence-corrected chi connectivity index (χ4v) is 9.44. The quantitative estimate of drug-likeness (QED) is 0.205. The molecule has 0 amide bonds. The molecule has 3 aromatic rings. The van der Waals surface area contributed by atoms with Crippen LogP contribution >= 0.6 is 11.6 Å². The van der Waals surface area contributed by atoms with Gasteiger partial charge in [-0.05, 0) is 135 Å². The maximum absolute atomic E-state index is 13.0. The van der Waals surface area contributed by atoms with E-state index in [1.807, 2.05) is 24.4 Å². The molecule has 50 heavy (non-hydrogen) atoms. The molecule has 0 saturated heterocycles. The molecule has 268 valence electrons. The zero-order valence-corrected chi connectivity index (χ0v) is 30.4. The minimum absolute atomic E-state index is 0.178. The molecular formula is C41H51ClN2O6. The van der Waals surface area contributed by atoms with Gasteiger partial charge in [0.1, 0.15) is 11.3 Å². The summed E-state index contributed by atoms with van der Waals surface area (Å²) in [5, 5.41) is 14.6. The van der Waals surface area contributed by atoms with Crippen molar-refractivity contribution in [3.05, 3.63) is 76.1 Å². The van der Waals surface area contributed by atoms with E-state index in [4.69, 9.17) is 30.5 Å². The summed E-state index contributed by atoms with van der Waals surface area (Å²) in [7, 11) is 1.72. The SMILES string of the molecule is COCCC1COc2cc3c(cc2OC1)C1(CCC(Nc2cccc(Cl)c2)(C(=O)O)CC1)C(C[C@@H](C)COc1ccnc2c1[C@H](C)CCC2)C3. The van der Waals surface area contributed by atoms with Gasteiger partial charge in [0.25, 0.3) is 0 Å². The number of carboxylic acid groups (broad SMARTS) is 1. The number of ether oxygens (including phenoxy) is 4. The summed E-state index contributed by atoms with van der Waals surface area (Å²) in [6, 6.07) is 13.8. The molecule has 2 heterocycles. The molecule has 4 aliphatic rings. The lowest BCUT2D eigenvalue weighted by Gasteiger charge is -2.47. The first-order valence-electron chi connectivity index (χ1n) is 18.5. The molecule has 0 radical (unpaired) electrons. The highest BCUT2D eigenvalue weighted by atomic mass is 35.5. The summed E-state index contributed by atoms with van der Waals surface area (Å²) < 4.78 is 24.7. The number of hydrogen-bond donors (Lipinski definition) is 2. The lowest BCUT2D eigenvalue weighted by Crippen LogP contribution is -2.53. The summed E-state index contributed by atoms with van der Waals surface area (Å²) in [6.07, 6.45) is 10.6. The van der Waals surface area contributed by atoms with Crippen LogP contribution in [0, 0.1) is 17.8 Å². The molecule has 4 atom stereocenters. The smallest absolute Gasteiger partial charge is 0.329 e. The summed E-state index contributed by atoms with van der Waals surface area (Å²) in [6.45, 7) is 7.07. The number of halogens is 1. The number of carboxylic acids is 1. The summed E-state index contributed by atoms with van der Waals surface area (Å²) >= 11 is 6.29. The standard InChI is InChI=1S/C41H51ClN2O6/c1-26(23-48-35-10-16-43-34-9-4-6-27(2)38(34)35)18-30-19-29-20-36-37(50-25-28(24-49-36)11-17-47-3)22-33(29)40(30)12-14-41(15-13-40,39(45)46)44-32-8-5-7-31(42)21-32/h5,7-8,10,16,20-22,26-28,30,44H,4,6,9,11-15,17-19,23-25H2,1-3H3,(H,45,46)/t26-,27-,28?,30?,40?,41?/m1/s1. The van der Waals surface area contributed by atoms with Gasteiger partial charge in [0.2, 0.25) is 0 Å². The second-order valence-electron chi connectivity index (χ2n) is 15.4. The van der Waals surface area contributed by atoms with E-state index in [9.17, 15) is 9.90 Å². The van der Waals surface area contributed by atoms with Crippen LogP contribution in [0.15, 0.2) is 48.7 Å². The third-order valence-electron chi connectivity index (χ3n) is 12.0. The number of aryl methyl sites for hydroxylation is 1. The van der Waals surface area contributed by atoms with E-state index >= 15 is 0 Å². The van der Waals surface area contributed by atoms with Gasteiger partial charge in [0.15, 0.2) is 11.5 Å². The number of fused-ring (bicyclic) bond motifs is 4. The largest absolute Gasteiger partial charge is 0.493 e. The summed E-state index contributed by atoms with van der Waals surface area (Å²) in [5.41, 5.74) is 4.54. The lowest BCUT2D eigenvalue weighted by atomic mass is 9.59. The van der Waals surface area contributed by atoms with Crippen LogP contribution in [-0.4, -0.2) is 55.1 Å². The van der Waals surface area contributed by atoms with Gasteiger partial charge in [-0.25, -0.2) is 4.79 Å². The van der Waals surface area contributed by atoms with Crippen molar-refractivity contribution >= 4 is 23.3 Å². The van der Waals surface area contributed by atoms with Crippen LogP contribution in [0.1, 0.15) is 93.5 Å². The number of aliphatic carboxylic acids is 1. The summed E-state index contributed by atoms with van der Waals surface area (Å²) in [4.78, 5) is 17.7. The first kappa shape index (κ1) is 34.9. The topological polar surface area (TPSA) is 99.1 Å². The molecule has 9 heteroatoms. The number of carbonyl (C=O) groups is 1. The van der Waals surface area contributed by atoms with Gasteiger partial charge in [0.05, 0.1) is 19.8 Å². The monoisotopic (exact) mass is 702 g/mol. The van der Waals surface area contributed by atoms with Crippen molar-refractivity contribution in [1.29, 1.82) is 0 Å². The molecule has 0 bridgehead atoms. The number of methoxy groups -OCH3 is 1. The number of hydrogen-bond acceptors (Lipinski definition) is 7. The number of nitrogens with one attached hydrogen (secondary N) is 1. The Kier molecular flexibility index (Phi) is 10.2. The van der Waals surface area contributed by atoms with Crippen LogP contribution in [0.5, 0.6) is 17.2 Å². The molecule has 7 rings (SSSR count). The predicted molar refractivity (Wildman–Crippen MR) is 195 cm³/mol. The molecular weight excluding hydrogens is 652 g/mol. The number of anilines is 1. The molecule has 8 nitrogen and oxygen atoms in total. The molecule has 3 aliphatic carbocycles. The van der Waals surface area contributed by atoms with Crippen molar-refractivity contribution < 1.29 is 28.8 Å². The third-order valence-corrected chi connectivity index (χ3v) is 12.3. The minimum Gasteiger partial charge on any atom is -0.493 e. The van der Waals surface area contributed by atoms with Crippen molar-refractivity contribution in [3.63, 3.8) is 0 Å². The molecule has 2 N–H and O–H groups in total. The van der Waals surface area contributed by atoms with Gasteiger partial charge in [-0.15, -0.1) is 0 Å². The zero-order chi connectivity index (χ0) is 34.9. The van der Waals surface area contributed by atoms with Crippen molar-refractivity contribution in [2.24, 2.45) is 17.8 Å². The van der Waals surface area contributed by atoms with E-state index in [0.717, 1.165) is 61.5 Å². The molecule has 1 saturated carbocycles. The summed E-state index contributed by atoms with van der Waals surface area (Å²) in [5.74, 6) is 3.12. The highest BCUT2D eigenvalue weighted by Gasteiger charge is 2.54. The Balaban J connectivity index is 1.14. The number of aromatic nitrogens is 1. The van der Waals surface area contributed by atoms with Gasteiger partial charge < -0.3 is 29.4 Å². The Bertz CT molecular complexity index is 1690. The van der Waals surface area contributed by atoms with Gasteiger partial charge in [-0.1, -0.05) is 31.5 Å². The Labute approximate surface area is 301 Å². The van der Waals surface area contributed by atoms with E-state index in [1.165, 1.54) is 35.2 Å². The number of pyridine rings is 1. The van der Waals surface area contributed by atoms with Crippen molar-refractivity contribution in [3.8, 4) is 17.2 Å². The maximum Gasteiger partial charge on any atom is 0.329 e. The number of benzene rings is 2. The highest BCUT2D eigenvalue weighted by Crippen LogP contribution is 2.58. The highest BCUT2D eigenvalue weighted by molar-refractivity contribution is 6.30. The van der Waals surface area contributed by atoms with Crippen LogP contribution in [0.3, 0.4) is 0 Å². The zero-order valence-electron chi connectivity index (χ0n) is 29.6. The molecule has 1 fully saturated rings. The van der Waals surface area contributed by atoms with Gasteiger partial charge in [-0.2, -0.15) is 0 Å². The molecule has 2 aromatic carbocycles. The van der Waals surface area contributed by atoms with Crippen molar-refractivity contribution in [2.75, 3.05) is 38.9 Å². The number of rotatable bonds is 11. The van der Waals surface area contributed by atoms with E-state index < -0.39 is 11.5 Å². The van der Waals surface area contributed by atoms with Crippen LogP contribution in [-0.2, 0) is 27.8 Å². The van der Waals surface area contributed by atoms with Crippen LogP contribution < -0.4 is 19.5 Å². The first-order chi connectivity index (χ1) is 24.2. The Hall–Kier alpha value is -3.49. The molecule has 1 aromatic heterocycles. The van der Waals surface area contributed by atoms with E-state index in [2.05, 4.69) is 36.3 Å². The van der Waals surface area contributed by atoms with Gasteiger partial charge >= 0.3 is 5.97 Å². The van der Waals surface area contributed by atoms with Crippen LogP contribution in [0.4, 0.5) is 5.69 Å². The average molecular weight is 703 g/mol. The normalized spacial score (nSPS) is 27.6. The Morgan fingerprint density at radius 3 is 2.64 bits per heavy atom.